The number of halogens is 1. The van der Waals surface area contributed by atoms with Crippen molar-refractivity contribution < 1.29 is 17.7 Å². The monoisotopic (exact) mass is 397 g/mol. The van der Waals surface area contributed by atoms with Crippen LogP contribution in [0.1, 0.15) is 48.0 Å². The van der Waals surface area contributed by atoms with Gasteiger partial charge >= 0.3 is 0 Å². The van der Waals surface area contributed by atoms with Gasteiger partial charge in [0.05, 0.1) is 27.8 Å². The summed E-state index contributed by atoms with van der Waals surface area (Å²) in [6.07, 6.45) is 0.574. The topological polar surface area (TPSA) is 92.5 Å². The van der Waals surface area contributed by atoms with E-state index in [-0.39, 0.29) is 11.7 Å². The molecule has 1 fully saturated rings. The third-order valence-corrected chi connectivity index (χ3v) is 6.43. The molecule has 1 N–H and O–H groups in total. The summed E-state index contributed by atoms with van der Waals surface area (Å²) in [6.45, 7) is 5.92. The van der Waals surface area contributed by atoms with Crippen LogP contribution in [-0.2, 0) is 10.0 Å². The molecule has 9 heteroatoms. The number of rotatable bonds is 4. The van der Waals surface area contributed by atoms with Crippen molar-refractivity contribution in [2.24, 2.45) is 0 Å². The average molecular weight is 398 g/mol. The van der Waals surface area contributed by atoms with Crippen molar-refractivity contribution in [1.29, 1.82) is 0 Å². The Morgan fingerprint density at radius 3 is 2.73 bits per heavy atom. The molecule has 0 aliphatic carbocycles. The van der Waals surface area contributed by atoms with E-state index in [1.165, 1.54) is 4.31 Å². The number of hydrogen-bond donors (Lipinski definition) is 1. The highest BCUT2D eigenvalue weighted by Crippen LogP contribution is 2.32. The van der Waals surface area contributed by atoms with Gasteiger partial charge in [-0.3, -0.25) is 9.10 Å². The number of hydrogen-bond acceptors (Lipinski definition) is 5. The summed E-state index contributed by atoms with van der Waals surface area (Å²) < 4.78 is 30.8. The highest BCUT2D eigenvalue weighted by Gasteiger charge is 2.29. The van der Waals surface area contributed by atoms with E-state index >= 15 is 0 Å². The number of anilines is 2. The molecule has 1 aliphatic rings. The van der Waals surface area contributed by atoms with Crippen molar-refractivity contribution in [2.75, 3.05) is 21.9 Å². The second-order valence-electron chi connectivity index (χ2n) is 6.52. The normalized spacial score (nSPS) is 16.3. The second kappa shape index (κ2) is 6.92. The molecule has 2 aromatic rings. The van der Waals surface area contributed by atoms with E-state index in [9.17, 15) is 13.2 Å². The van der Waals surface area contributed by atoms with E-state index in [1.54, 1.807) is 25.1 Å². The van der Waals surface area contributed by atoms with Crippen LogP contribution in [0.3, 0.4) is 0 Å². The Hall–Kier alpha value is -2.06. The van der Waals surface area contributed by atoms with Gasteiger partial charge in [-0.25, -0.2) is 8.42 Å². The molecule has 3 rings (SSSR count). The summed E-state index contributed by atoms with van der Waals surface area (Å²) >= 11 is 6.20. The SMILES string of the molecule is Cc1noc(C(C)C)c1C(=O)Nc1cc(N2CCCS2(=O)=O)ccc1Cl. The van der Waals surface area contributed by atoms with E-state index < -0.39 is 15.9 Å². The minimum atomic E-state index is -3.31. The fourth-order valence-corrected chi connectivity index (χ4v) is 4.66. The van der Waals surface area contributed by atoms with E-state index in [4.69, 9.17) is 16.1 Å². The number of nitrogens with one attached hydrogen (secondary N) is 1. The summed E-state index contributed by atoms with van der Waals surface area (Å²) in [5.74, 6) is 0.216. The lowest BCUT2D eigenvalue weighted by Crippen LogP contribution is -2.25. The lowest BCUT2D eigenvalue weighted by atomic mass is 10.0. The van der Waals surface area contributed by atoms with Crippen LogP contribution < -0.4 is 9.62 Å². The number of nitrogens with zero attached hydrogens (tertiary/aromatic N) is 2. The van der Waals surface area contributed by atoms with Crippen molar-refractivity contribution in [3.8, 4) is 0 Å². The largest absolute Gasteiger partial charge is 0.360 e. The van der Waals surface area contributed by atoms with Crippen LogP contribution in [0.5, 0.6) is 0 Å². The van der Waals surface area contributed by atoms with Gasteiger partial charge in [0.1, 0.15) is 5.56 Å². The summed E-state index contributed by atoms with van der Waals surface area (Å²) in [5.41, 5.74) is 1.68. The molecule has 0 bridgehead atoms. The number of aryl methyl sites for hydroxylation is 1. The van der Waals surface area contributed by atoms with Crippen LogP contribution in [0.2, 0.25) is 5.02 Å². The fourth-order valence-electron chi connectivity index (χ4n) is 2.94. The van der Waals surface area contributed by atoms with Gasteiger partial charge in [-0.15, -0.1) is 0 Å². The first-order chi connectivity index (χ1) is 12.2. The molecule has 1 aromatic heterocycles. The summed E-state index contributed by atoms with van der Waals surface area (Å²) in [5, 5.41) is 6.93. The Labute approximate surface area is 157 Å². The Morgan fingerprint density at radius 2 is 2.12 bits per heavy atom. The van der Waals surface area contributed by atoms with Gasteiger partial charge in [-0.1, -0.05) is 30.6 Å². The number of carbonyl (C=O) groups is 1. The predicted molar refractivity (Wildman–Crippen MR) is 100 cm³/mol. The quantitative estimate of drug-likeness (QED) is 0.851. The number of amides is 1. The maximum Gasteiger partial charge on any atom is 0.261 e. The lowest BCUT2D eigenvalue weighted by Gasteiger charge is -2.18. The van der Waals surface area contributed by atoms with Crippen molar-refractivity contribution in [1.82, 2.24) is 5.16 Å². The van der Waals surface area contributed by atoms with Crippen molar-refractivity contribution in [2.45, 2.75) is 33.1 Å². The maximum atomic E-state index is 12.7. The molecule has 1 saturated heterocycles. The summed E-state index contributed by atoms with van der Waals surface area (Å²) in [4.78, 5) is 12.7. The van der Waals surface area contributed by atoms with Gasteiger partial charge in [0, 0.05) is 12.5 Å². The van der Waals surface area contributed by atoms with Crippen LogP contribution in [0, 0.1) is 6.92 Å². The predicted octanol–water partition coefficient (Wildman–Crippen LogP) is 3.55. The zero-order chi connectivity index (χ0) is 19.1. The molecule has 1 aliphatic heterocycles. The molecule has 0 unspecified atom stereocenters. The molecule has 26 heavy (non-hydrogen) atoms. The Bertz CT molecular complexity index is 953. The molecule has 0 radical (unpaired) electrons. The minimum absolute atomic E-state index is 0.00602. The van der Waals surface area contributed by atoms with Gasteiger partial charge in [-0.2, -0.15) is 0 Å². The Kier molecular flexibility index (Phi) is 4.98. The zero-order valence-electron chi connectivity index (χ0n) is 14.7. The van der Waals surface area contributed by atoms with E-state index in [0.29, 0.717) is 46.4 Å². The van der Waals surface area contributed by atoms with Gasteiger partial charge in [-0.05, 0) is 31.5 Å². The van der Waals surface area contributed by atoms with Crippen LogP contribution >= 0.6 is 11.6 Å². The molecule has 0 saturated carbocycles. The van der Waals surface area contributed by atoms with Crippen LogP contribution in [0.15, 0.2) is 22.7 Å². The first-order valence-corrected chi connectivity index (χ1v) is 10.3. The summed E-state index contributed by atoms with van der Waals surface area (Å²) in [6, 6.07) is 4.77. The van der Waals surface area contributed by atoms with Crippen molar-refractivity contribution in [3.63, 3.8) is 0 Å². The standard InChI is InChI=1S/C17H20ClN3O4S/c1-10(2)16-15(11(3)20-25-16)17(22)19-14-9-12(5-6-13(14)18)21-7-4-8-26(21,23)24/h5-6,9-10H,4,7-8H2,1-3H3,(H,19,22). The third kappa shape index (κ3) is 3.43. The van der Waals surface area contributed by atoms with Crippen molar-refractivity contribution >= 4 is 38.9 Å². The maximum absolute atomic E-state index is 12.7. The number of aromatic nitrogens is 1. The van der Waals surface area contributed by atoms with Gasteiger partial charge in [0.15, 0.2) is 5.76 Å². The zero-order valence-corrected chi connectivity index (χ0v) is 16.3. The van der Waals surface area contributed by atoms with Crippen molar-refractivity contribution in [3.05, 3.63) is 40.2 Å². The second-order valence-corrected chi connectivity index (χ2v) is 8.94. The first kappa shape index (κ1) is 18.7. The molecular formula is C17H20ClN3O4S. The first-order valence-electron chi connectivity index (χ1n) is 8.28. The Balaban J connectivity index is 1.92. The highest BCUT2D eigenvalue weighted by molar-refractivity contribution is 7.93. The number of carbonyl (C=O) groups excluding carboxylic acids is 1. The van der Waals surface area contributed by atoms with Gasteiger partial charge in [0.2, 0.25) is 10.0 Å². The smallest absolute Gasteiger partial charge is 0.261 e. The van der Waals surface area contributed by atoms with E-state index in [2.05, 4.69) is 10.5 Å². The molecule has 7 nitrogen and oxygen atoms in total. The van der Waals surface area contributed by atoms with Crippen LogP contribution in [0.4, 0.5) is 11.4 Å². The van der Waals surface area contributed by atoms with Gasteiger partial charge < -0.3 is 9.84 Å². The van der Waals surface area contributed by atoms with Crippen LogP contribution in [0.25, 0.3) is 0 Å². The number of sulfonamides is 1. The van der Waals surface area contributed by atoms with E-state index in [1.807, 2.05) is 13.8 Å². The fraction of sp³-hybridized carbons (Fsp3) is 0.412. The Morgan fingerprint density at radius 1 is 1.38 bits per heavy atom. The van der Waals surface area contributed by atoms with E-state index in [0.717, 1.165) is 0 Å². The molecule has 2 heterocycles. The molecule has 0 atom stereocenters. The molecular weight excluding hydrogens is 378 g/mol. The molecule has 1 aromatic carbocycles. The number of benzene rings is 1. The highest BCUT2D eigenvalue weighted by atomic mass is 35.5. The van der Waals surface area contributed by atoms with Gasteiger partial charge in [0.25, 0.3) is 5.91 Å². The molecule has 140 valence electrons. The molecule has 0 spiro atoms. The van der Waals surface area contributed by atoms with Crippen LogP contribution in [-0.4, -0.2) is 31.8 Å². The average Bonchev–Trinajstić information content (AvgIpc) is 3.11. The third-order valence-electron chi connectivity index (χ3n) is 4.23. The lowest BCUT2D eigenvalue weighted by molar-refractivity contribution is 0.102. The molecule has 1 amide bonds. The minimum Gasteiger partial charge on any atom is -0.360 e. The summed E-state index contributed by atoms with van der Waals surface area (Å²) in [7, 11) is -3.31.